The van der Waals surface area contributed by atoms with Gasteiger partial charge in [-0.2, -0.15) is 0 Å². The quantitative estimate of drug-likeness (QED) is 0.624. The third-order valence-electron chi connectivity index (χ3n) is 2.73. The van der Waals surface area contributed by atoms with Crippen molar-refractivity contribution in [1.29, 1.82) is 0 Å². The lowest BCUT2D eigenvalue weighted by Crippen LogP contribution is -2.17. The summed E-state index contributed by atoms with van der Waals surface area (Å²) in [6.07, 6.45) is 2.60. The molecule has 1 aliphatic rings. The van der Waals surface area contributed by atoms with Crippen molar-refractivity contribution in [1.82, 2.24) is 0 Å². The van der Waals surface area contributed by atoms with E-state index >= 15 is 0 Å². The first-order valence-corrected chi connectivity index (χ1v) is 5.05. The van der Waals surface area contributed by atoms with E-state index in [0.717, 1.165) is 30.6 Å². The second-order valence-corrected chi connectivity index (χ2v) is 3.90. The van der Waals surface area contributed by atoms with Gasteiger partial charge in [-0.3, -0.25) is 0 Å². The molecular formula is C11H16N2O. The van der Waals surface area contributed by atoms with Crippen molar-refractivity contribution in [3.05, 3.63) is 24.3 Å². The Hall–Kier alpha value is -1.22. The van der Waals surface area contributed by atoms with E-state index in [2.05, 4.69) is 5.32 Å². The summed E-state index contributed by atoms with van der Waals surface area (Å²) in [5, 5.41) is 12.7. The lowest BCUT2D eigenvalue weighted by Gasteiger charge is -2.15. The normalized spacial score (nSPS) is 26.4. The Morgan fingerprint density at radius 3 is 2.71 bits per heavy atom. The monoisotopic (exact) mass is 192 g/mol. The van der Waals surface area contributed by atoms with E-state index in [9.17, 15) is 5.11 Å². The highest BCUT2D eigenvalue weighted by Crippen LogP contribution is 2.25. The minimum absolute atomic E-state index is 0.141. The van der Waals surface area contributed by atoms with Gasteiger partial charge in [0.25, 0.3) is 0 Å². The van der Waals surface area contributed by atoms with Crippen molar-refractivity contribution in [2.45, 2.75) is 31.4 Å². The standard InChI is InChI=1S/C11H16N2O/c12-10-3-1-2-4-11(10)13-8-5-6-9(14)7-8/h1-4,8-9,13-14H,5-7,12H2/t8-,9+/m1/s1. The summed E-state index contributed by atoms with van der Waals surface area (Å²) in [7, 11) is 0. The lowest BCUT2D eigenvalue weighted by molar-refractivity contribution is 0.182. The number of para-hydroxylation sites is 2. The Morgan fingerprint density at radius 2 is 2.07 bits per heavy atom. The van der Waals surface area contributed by atoms with Gasteiger partial charge in [0, 0.05) is 6.04 Å². The number of aliphatic hydroxyl groups is 1. The van der Waals surface area contributed by atoms with Gasteiger partial charge in [0.05, 0.1) is 17.5 Å². The molecule has 0 aromatic heterocycles. The SMILES string of the molecule is Nc1ccccc1N[C@@H]1CC[C@H](O)C1. The number of hydrogen-bond acceptors (Lipinski definition) is 3. The number of hydrogen-bond donors (Lipinski definition) is 3. The fraction of sp³-hybridized carbons (Fsp3) is 0.455. The molecule has 1 aromatic rings. The smallest absolute Gasteiger partial charge is 0.0576 e. The zero-order valence-electron chi connectivity index (χ0n) is 8.11. The molecule has 1 aromatic carbocycles. The van der Waals surface area contributed by atoms with Crippen LogP contribution in [0.3, 0.4) is 0 Å². The fourth-order valence-corrected chi connectivity index (χ4v) is 1.94. The zero-order valence-corrected chi connectivity index (χ0v) is 8.11. The molecule has 1 fully saturated rings. The molecule has 3 heteroatoms. The summed E-state index contributed by atoms with van der Waals surface area (Å²) in [6, 6.07) is 8.11. The molecule has 0 amide bonds. The van der Waals surface area contributed by atoms with Crippen molar-refractivity contribution in [2.24, 2.45) is 0 Å². The van der Waals surface area contributed by atoms with Gasteiger partial charge in [-0.05, 0) is 31.4 Å². The van der Waals surface area contributed by atoms with Crippen LogP contribution in [-0.4, -0.2) is 17.3 Å². The van der Waals surface area contributed by atoms with Crippen LogP contribution >= 0.6 is 0 Å². The highest BCUT2D eigenvalue weighted by molar-refractivity contribution is 5.66. The van der Waals surface area contributed by atoms with E-state index in [0.29, 0.717) is 6.04 Å². The van der Waals surface area contributed by atoms with E-state index < -0.39 is 0 Å². The molecule has 14 heavy (non-hydrogen) atoms. The molecular weight excluding hydrogens is 176 g/mol. The van der Waals surface area contributed by atoms with Gasteiger partial charge in [0.15, 0.2) is 0 Å². The van der Waals surface area contributed by atoms with Crippen LogP contribution in [0.15, 0.2) is 24.3 Å². The maximum absolute atomic E-state index is 9.38. The van der Waals surface area contributed by atoms with Crippen LogP contribution in [0.4, 0.5) is 11.4 Å². The van der Waals surface area contributed by atoms with Crippen LogP contribution in [-0.2, 0) is 0 Å². The van der Waals surface area contributed by atoms with Gasteiger partial charge < -0.3 is 16.2 Å². The molecule has 0 saturated heterocycles. The first-order valence-electron chi connectivity index (χ1n) is 5.05. The first-order chi connectivity index (χ1) is 6.75. The van der Waals surface area contributed by atoms with Gasteiger partial charge in [-0.15, -0.1) is 0 Å². The van der Waals surface area contributed by atoms with Crippen LogP contribution < -0.4 is 11.1 Å². The lowest BCUT2D eigenvalue weighted by atomic mass is 10.2. The molecule has 0 radical (unpaired) electrons. The summed E-state index contributed by atoms with van der Waals surface area (Å²) in [4.78, 5) is 0. The van der Waals surface area contributed by atoms with E-state index in [1.807, 2.05) is 24.3 Å². The van der Waals surface area contributed by atoms with Crippen molar-refractivity contribution >= 4 is 11.4 Å². The number of nitrogens with one attached hydrogen (secondary N) is 1. The third kappa shape index (κ3) is 1.99. The number of rotatable bonds is 2. The molecule has 1 aliphatic carbocycles. The molecule has 0 aliphatic heterocycles. The van der Waals surface area contributed by atoms with Gasteiger partial charge in [-0.25, -0.2) is 0 Å². The number of benzene rings is 1. The Bertz CT molecular complexity index is 314. The molecule has 0 heterocycles. The Labute approximate surface area is 83.9 Å². The highest BCUT2D eigenvalue weighted by atomic mass is 16.3. The number of nitrogens with two attached hydrogens (primary N) is 1. The van der Waals surface area contributed by atoms with Crippen LogP contribution in [0.5, 0.6) is 0 Å². The second-order valence-electron chi connectivity index (χ2n) is 3.90. The molecule has 1 saturated carbocycles. The molecule has 2 atom stereocenters. The molecule has 0 unspecified atom stereocenters. The average Bonchev–Trinajstić information content (AvgIpc) is 2.56. The van der Waals surface area contributed by atoms with Crippen molar-refractivity contribution in [3.8, 4) is 0 Å². The minimum Gasteiger partial charge on any atom is -0.397 e. The van der Waals surface area contributed by atoms with Crippen LogP contribution in [0.25, 0.3) is 0 Å². The summed E-state index contributed by atoms with van der Waals surface area (Å²) in [6.45, 7) is 0. The predicted molar refractivity (Wildman–Crippen MR) is 58.1 cm³/mol. The van der Waals surface area contributed by atoms with Crippen LogP contribution in [0.1, 0.15) is 19.3 Å². The summed E-state index contributed by atoms with van der Waals surface area (Å²) in [5.74, 6) is 0. The summed E-state index contributed by atoms with van der Waals surface area (Å²) in [5.41, 5.74) is 7.56. The van der Waals surface area contributed by atoms with E-state index in [1.54, 1.807) is 0 Å². The molecule has 76 valence electrons. The maximum Gasteiger partial charge on any atom is 0.0576 e. The van der Waals surface area contributed by atoms with E-state index in [1.165, 1.54) is 0 Å². The number of nitrogen functional groups attached to an aromatic ring is 1. The second kappa shape index (κ2) is 3.88. The average molecular weight is 192 g/mol. The topological polar surface area (TPSA) is 58.3 Å². The first kappa shape index (κ1) is 9.34. The van der Waals surface area contributed by atoms with Gasteiger partial charge in [0.1, 0.15) is 0 Å². The van der Waals surface area contributed by atoms with Gasteiger partial charge >= 0.3 is 0 Å². The third-order valence-corrected chi connectivity index (χ3v) is 2.73. The Balaban J connectivity index is 2.01. The van der Waals surface area contributed by atoms with Crippen molar-refractivity contribution in [2.75, 3.05) is 11.1 Å². The fourth-order valence-electron chi connectivity index (χ4n) is 1.94. The molecule has 3 nitrogen and oxygen atoms in total. The molecule has 0 spiro atoms. The highest BCUT2D eigenvalue weighted by Gasteiger charge is 2.22. The maximum atomic E-state index is 9.38. The van der Waals surface area contributed by atoms with E-state index in [4.69, 9.17) is 5.73 Å². The van der Waals surface area contributed by atoms with Gasteiger partial charge in [0.2, 0.25) is 0 Å². The Morgan fingerprint density at radius 1 is 1.29 bits per heavy atom. The van der Waals surface area contributed by atoms with Crippen molar-refractivity contribution in [3.63, 3.8) is 0 Å². The summed E-state index contributed by atoms with van der Waals surface area (Å²) >= 11 is 0. The Kier molecular flexibility index (Phi) is 2.59. The summed E-state index contributed by atoms with van der Waals surface area (Å²) < 4.78 is 0. The van der Waals surface area contributed by atoms with Gasteiger partial charge in [-0.1, -0.05) is 12.1 Å². The van der Waals surface area contributed by atoms with Crippen LogP contribution in [0.2, 0.25) is 0 Å². The minimum atomic E-state index is -0.141. The molecule has 4 N–H and O–H groups in total. The van der Waals surface area contributed by atoms with E-state index in [-0.39, 0.29) is 6.10 Å². The van der Waals surface area contributed by atoms with Crippen LogP contribution in [0, 0.1) is 0 Å². The largest absolute Gasteiger partial charge is 0.397 e. The van der Waals surface area contributed by atoms with Crippen molar-refractivity contribution < 1.29 is 5.11 Å². The predicted octanol–water partition coefficient (Wildman–Crippen LogP) is 1.59. The number of anilines is 2. The molecule has 0 bridgehead atoms. The number of aliphatic hydroxyl groups excluding tert-OH is 1. The zero-order chi connectivity index (χ0) is 9.97. The molecule has 2 rings (SSSR count).